The molecule has 0 N–H and O–H groups in total. The van der Waals surface area contributed by atoms with E-state index in [1.54, 1.807) is 23.1 Å². The Bertz CT molecular complexity index is 1430. The first-order valence-electron chi connectivity index (χ1n) is 11.6. The monoisotopic (exact) mass is 496 g/mol. The van der Waals surface area contributed by atoms with Gasteiger partial charge in [-0.25, -0.2) is 4.98 Å². The van der Waals surface area contributed by atoms with Crippen molar-refractivity contribution in [3.05, 3.63) is 101 Å². The maximum atomic E-state index is 4.85. The molecule has 0 atom stereocenters. The first-order chi connectivity index (χ1) is 16.9. The SMILES string of the molecule is Cc1ccccc1-n1c(SCc2csc(-c3ccccc3)n2)nnc1-c1ccc(C(C)(C)C)cc1. The van der Waals surface area contributed by atoms with E-state index in [2.05, 4.69) is 109 Å². The van der Waals surface area contributed by atoms with Crippen LogP contribution in [0.15, 0.2) is 89.4 Å². The molecule has 4 nitrogen and oxygen atoms in total. The molecule has 0 amide bonds. The van der Waals surface area contributed by atoms with Gasteiger partial charge in [-0.1, -0.05) is 105 Å². The summed E-state index contributed by atoms with van der Waals surface area (Å²) < 4.78 is 2.18. The molecule has 0 unspecified atom stereocenters. The summed E-state index contributed by atoms with van der Waals surface area (Å²) in [5, 5.41) is 13.3. The predicted molar refractivity (Wildman–Crippen MR) is 147 cm³/mol. The molecule has 0 bridgehead atoms. The van der Waals surface area contributed by atoms with Crippen LogP contribution in [-0.4, -0.2) is 19.7 Å². The predicted octanol–water partition coefficient (Wildman–Crippen LogP) is 7.96. The normalized spacial score (nSPS) is 11.7. The van der Waals surface area contributed by atoms with E-state index < -0.39 is 0 Å². The quantitative estimate of drug-likeness (QED) is 0.224. The third-order valence-corrected chi connectivity index (χ3v) is 7.82. The maximum Gasteiger partial charge on any atom is 0.196 e. The fourth-order valence-electron chi connectivity index (χ4n) is 3.93. The lowest BCUT2D eigenvalue weighted by Gasteiger charge is -2.19. The molecule has 2 aromatic heterocycles. The number of thiazole rings is 1. The molecule has 6 heteroatoms. The molecule has 3 aromatic carbocycles. The Hall–Kier alpha value is -3.22. The van der Waals surface area contributed by atoms with Crippen LogP contribution in [0.25, 0.3) is 27.6 Å². The van der Waals surface area contributed by atoms with Gasteiger partial charge in [-0.05, 0) is 29.5 Å². The lowest BCUT2D eigenvalue weighted by atomic mass is 9.87. The van der Waals surface area contributed by atoms with Gasteiger partial charge in [0.05, 0.1) is 11.4 Å². The first kappa shape index (κ1) is 23.5. The standard InChI is InChI=1S/C29H28N4S2/c1-20-10-8-9-13-25(20)33-26(21-14-16-23(17-15-21)29(2,3)4)31-32-28(33)35-19-24-18-34-27(30-24)22-11-6-5-7-12-22/h5-18H,19H2,1-4H3. The second-order valence-corrected chi connectivity index (χ2v) is 11.4. The number of nitrogens with zero attached hydrogens (tertiary/aromatic N) is 4. The van der Waals surface area contributed by atoms with Crippen LogP contribution in [0.2, 0.25) is 0 Å². The molecule has 0 saturated carbocycles. The van der Waals surface area contributed by atoms with E-state index in [-0.39, 0.29) is 5.41 Å². The number of hydrogen-bond donors (Lipinski definition) is 0. The second-order valence-electron chi connectivity index (χ2n) is 9.55. The highest BCUT2D eigenvalue weighted by Crippen LogP contribution is 2.33. The summed E-state index contributed by atoms with van der Waals surface area (Å²) in [5.41, 5.74) is 6.94. The fourth-order valence-corrected chi connectivity index (χ4v) is 5.69. The molecule has 0 aliphatic rings. The summed E-state index contributed by atoms with van der Waals surface area (Å²) in [6, 6.07) is 27.4. The number of thioether (sulfide) groups is 1. The number of hydrogen-bond acceptors (Lipinski definition) is 5. The van der Waals surface area contributed by atoms with Gasteiger partial charge in [-0.15, -0.1) is 21.5 Å². The number of aromatic nitrogens is 4. The van der Waals surface area contributed by atoms with Gasteiger partial charge in [0.1, 0.15) is 5.01 Å². The van der Waals surface area contributed by atoms with Gasteiger partial charge in [0.2, 0.25) is 0 Å². The molecule has 176 valence electrons. The number of aryl methyl sites for hydroxylation is 1. The molecule has 0 spiro atoms. The molecule has 35 heavy (non-hydrogen) atoms. The molecule has 5 aromatic rings. The van der Waals surface area contributed by atoms with Crippen molar-refractivity contribution in [2.75, 3.05) is 0 Å². The van der Waals surface area contributed by atoms with Crippen LogP contribution in [0, 0.1) is 6.92 Å². The van der Waals surface area contributed by atoms with Crippen LogP contribution in [0.5, 0.6) is 0 Å². The molecule has 0 saturated heterocycles. The Labute approximate surface area is 215 Å². The number of rotatable bonds is 6. The maximum absolute atomic E-state index is 4.85. The van der Waals surface area contributed by atoms with Crippen molar-refractivity contribution in [3.63, 3.8) is 0 Å². The average molecular weight is 497 g/mol. The molecular formula is C29H28N4S2. The van der Waals surface area contributed by atoms with Crippen molar-refractivity contribution < 1.29 is 0 Å². The highest BCUT2D eigenvalue weighted by molar-refractivity contribution is 7.98. The smallest absolute Gasteiger partial charge is 0.196 e. The van der Waals surface area contributed by atoms with E-state index in [0.717, 1.165) is 44.2 Å². The topological polar surface area (TPSA) is 43.6 Å². The largest absolute Gasteiger partial charge is 0.270 e. The van der Waals surface area contributed by atoms with Crippen molar-refractivity contribution >= 4 is 23.1 Å². The Kier molecular flexibility index (Phi) is 6.58. The highest BCUT2D eigenvalue weighted by Gasteiger charge is 2.19. The third kappa shape index (κ3) is 5.09. The Morgan fingerprint density at radius 1 is 0.829 bits per heavy atom. The van der Waals surface area contributed by atoms with E-state index in [4.69, 9.17) is 4.98 Å². The van der Waals surface area contributed by atoms with Crippen LogP contribution in [0.3, 0.4) is 0 Å². The van der Waals surface area contributed by atoms with E-state index in [1.807, 2.05) is 18.2 Å². The Morgan fingerprint density at radius 2 is 1.54 bits per heavy atom. The van der Waals surface area contributed by atoms with E-state index in [1.165, 1.54) is 11.1 Å². The summed E-state index contributed by atoms with van der Waals surface area (Å²) in [6.45, 7) is 8.82. The van der Waals surface area contributed by atoms with Crippen LogP contribution in [-0.2, 0) is 11.2 Å². The molecule has 0 aliphatic carbocycles. The van der Waals surface area contributed by atoms with E-state index in [0.29, 0.717) is 0 Å². The first-order valence-corrected chi connectivity index (χ1v) is 13.5. The van der Waals surface area contributed by atoms with Crippen LogP contribution < -0.4 is 0 Å². The van der Waals surface area contributed by atoms with Gasteiger partial charge in [0.15, 0.2) is 11.0 Å². The number of para-hydroxylation sites is 1. The summed E-state index contributed by atoms with van der Waals surface area (Å²) in [6.07, 6.45) is 0. The molecule has 0 aliphatic heterocycles. The highest BCUT2D eigenvalue weighted by atomic mass is 32.2. The van der Waals surface area contributed by atoms with E-state index in [9.17, 15) is 0 Å². The van der Waals surface area contributed by atoms with Crippen molar-refractivity contribution in [2.24, 2.45) is 0 Å². The Morgan fingerprint density at radius 3 is 2.26 bits per heavy atom. The van der Waals surface area contributed by atoms with Gasteiger partial charge in [0.25, 0.3) is 0 Å². The van der Waals surface area contributed by atoms with E-state index >= 15 is 0 Å². The minimum absolute atomic E-state index is 0.107. The molecule has 2 heterocycles. The minimum Gasteiger partial charge on any atom is -0.270 e. The van der Waals surface area contributed by atoms with Crippen molar-refractivity contribution in [1.82, 2.24) is 19.7 Å². The van der Waals surface area contributed by atoms with Crippen molar-refractivity contribution in [3.8, 4) is 27.6 Å². The fraction of sp³-hybridized carbons (Fsp3) is 0.207. The van der Waals surface area contributed by atoms with Gasteiger partial charge in [-0.2, -0.15) is 0 Å². The van der Waals surface area contributed by atoms with Crippen molar-refractivity contribution in [2.45, 2.75) is 44.0 Å². The minimum atomic E-state index is 0.107. The summed E-state index contributed by atoms with van der Waals surface area (Å²) in [5.74, 6) is 1.58. The zero-order valence-electron chi connectivity index (χ0n) is 20.4. The van der Waals surface area contributed by atoms with Gasteiger partial charge in [-0.3, -0.25) is 4.57 Å². The van der Waals surface area contributed by atoms with Gasteiger partial charge < -0.3 is 0 Å². The Balaban J connectivity index is 1.47. The van der Waals surface area contributed by atoms with Crippen molar-refractivity contribution in [1.29, 1.82) is 0 Å². The summed E-state index contributed by atoms with van der Waals surface area (Å²) in [7, 11) is 0. The summed E-state index contributed by atoms with van der Waals surface area (Å²) >= 11 is 3.35. The van der Waals surface area contributed by atoms with Gasteiger partial charge in [0, 0.05) is 22.3 Å². The van der Waals surface area contributed by atoms with Crippen LogP contribution in [0.1, 0.15) is 37.6 Å². The summed E-state index contributed by atoms with van der Waals surface area (Å²) in [4.78, 5) is 4.85. The molecular weight excluding hydrogens is 468 g/mol. The zero-order chi connectivity index (χ0) is 24.4. The van der Waals surface area contributed by atoms with Gasteiger partial charge >= 0.3 is 0 Å². The molecule has 5 rings (SSSR count). The third-order valence-electron chi connectivity index (χ3n) is 5.92. The molecule has 0 radical (unpaired) electrons. The zero-order valence-corrected chi connectivity index (χ0v) is 22.0. The molecule has 0 fully saturated rings. The van der Waals surface area contributed by atoms with Crippen LogP contribution in [0.4, 0.5) is 0 Å². The second kappa shape index (κ2) is 9.80. The average Bonchev–Trinajstić information content (AvgIpc) is 3.50. The lowest BCUT2D eigenvalue weighted by Crippen LogP contribution is -2.10. The lowest BCUT2D eigenvalue weighted by molar-refractivity contribution is 0.590. The number of benzene rings is 3. The van der Waals surface area contributed by atoms with Crippen LogP contribution >= 0.6 is 23.1 Å².